The molecule has 3 rings (SSSR count). The summed E-state index contributed by atoms with van der Waals surface area (Å²) in [5, 5.41) is 24.6. The minimum atomic E-state index is -5.31. The van der Waals surface area contributed by atoms with Gasteiger partial charge in [0, 0.05) is 12.1 Å². The molecule has 1 aromatic heterocycles. The lowest BCUT2D eigenvalue weighted by atomic mass is 9.99. The molecule has 1 heterocycles. The molecule has 208 valence electrons. The van der Waals surface area contributed by atoms with Crippen molar-refractivity contribution in [2.45, 2.75) is 69.8 Å². The SMILES string of the molecule is Cc1cc2nc([C@H](O)[C@@H](CCc3ccccc3)NC(OC(=O)C(F)(F)F)[C@H](O)[C@H](N)CCN)oc2cc1C. The zero-order chi connectivity index (χ0) is 28.0. The van der Waals surface area contributed by atoms with Gasteiger partial charge in [-0.25, -0.2) is 9.78 Å². The fourth-order valence-corrected chi connectivity index (χ4v) is 3.98. The highest BCUT2D eigenvalue weighted by atomic mass is 19.4. The van der Waals surface area contributed by atoms with E-state index in [1.54, 1.807) is 12.1 Å². The van der Waals surface area contributed by atoms with Gasteiger partial charge < -0.3 is 30.8 Å². The van der Waals surface area contributed by atoms with Crippen LogP contribution < -0.4 is 16.8 Å². The highest BCUT2D eigenvalue weighted by Gasteiger charge is 2.44. The lowest BCUT2D eigenvalue weighted by Gasteiger charge is -2.33. The molecular weight excluding hydrogens is 505 g/mol. The Balaban J connectivity index is 1.94. The molecule has 0 fully saturated rings. The summed E-state index contributed by atoms with van der Waals surface area (Å²) in [5.74, 6) is -2.60. The van der Waals surface area contributed by atoms with E-state index in [1.807, 2.05) is 44.2 Å². The third-order valence-corrected chi connectivity index (χ3v) is 6.33. The number of carbonyl (C=O) groups excluding carboxylic acids is 1. The number of ether oxygens (including phenoxy) is 1. The molecule has 9 nitrogen and oxygen atoms in total. The van der Waals surface area contributed by atoms with Gasteiger partial charge in [-0.15, -0.1) is 0 Å². The second kappa shape index (κ2) is 12.7. The highest BCUT2D eigenvalue weighted by molar-refractivity contribution is 5.76. The van der Waals surface area contributed by atoms with Crippen LogP contribution in [-0.2, 0) is 16.0 Å². The van der Waals surface area contributed by atoms with E-state index in [1.165, 1.54) is 0 Å². The van der Waals surface area contributed by atoms with E-state index in [-0.39, 0.29) is 25.3 Å². The Labute approximate surface area is 218 Å². The molecule has 38 heavy (non-hydrogen) atoms. The van der Waals surface area contributed by atoms with E-state index in [2.05, 4.69) is 15.0 Å². The van der Waals surface area contributed by atoms with Gasteiger partial charge in [-0.05, 0) is 68.5 Å². The molecule has 1 unspecified atom stereocenters. The number of alkyl halides is 3. The summed E-state index contributed by atoms with van der Waals surface area (Å²) in [4.78, 5) is 16.0. The van der Waals surface area contributed by atoms with Crippen molar-refractivity contribution in [2.24, 2.45) is 11.5 Å². The first kappa shape index (κ1) is 29.5. The number of aromatic nitrogens is 1. The fraction of sp³-hybridized carbons (Fsp3) is 0.462. The van der Waals surface area contributed by atoms with E-state index in [0.717, 1.165) is 16.7 Å². The molecule has 0 radical (unpaired) electrons. The predicted octanol–water partition coefficient (Wildman–Crippen LogP) is 2.54. The van der Waals surface area contributed by atoms with Crippen molar-refractivity contribution >= 4 is 17.1 Å². The summed E-state index contributed by atoms with van der Waals surface area (Å²) >= 11 is 0. The summed E-state index contributed by atoms with van der Waals surface area (Å²) in [5.41, 5.74) is 15.1. The topological polar surface area (TPSA) is 157 Å². The molecule has 0 saturated heterocycles. The Morgan fingerprint density at radius 3 is 2.42 bits per heavy atom. The minimum absolute atomic E-state index is 0.0416. The maximum atomic E-state index is 13.0. The van der Waals surface area contributed by atoms with Crippen LogP contribution in [0.3, 0.4) is 0 Å². The van der Waals surface area contributed by atoms with Gasteiger partial charge >= 0.3 is 12.1 Å². The van der Waals surface area contributed by atoms with Crippen LogP contribution in [0.1, 0.15) is 41.5 Å². The van der Waals surface area contributed by atoms with Crippen LogP contribution in [0, 0.1) is 13.8 Å². The van der Waals surface area contributed by atoms with Crippen molar-refractivity contribution < 1.29 is 37.3 Å². The third-order valence-electron chi connectivity index (χ3n) is 6.33. The van der Waals surface area contributed by atoms with Crippen LogP contribution in [0.15, 0.2) is 46.9 Å². The molecule has 7 N–H and O–H groups in total. The van der Waals surface area contributed by atoms with Gasteiger partial charge in [0.1, 0.15) is 17.7 Å². The van der Waals surface area contributed by atoms with Gasteiger partial charge in [0.15, 0.2) is 11.8 Å². The molecule has 0 aliphatic carbocycles. The number of aliphatic hydroxyl groups is 2. The Bertz CT molecular complexity index is 1170. The van der Waals surface area contributed by atoms with Gasteiger partial charge in [-0.3, -0.25) is 5.32 Å². The van der Waals surface area contributed by atoms with Crippen LogP contribution in [0.5, 0.6) is 0 Å². The normalized spacial score (nSPS) is 16.1. The molecule has 2 aromatic carbocycles. The van der Waals surface area contributed by atoms with Crippen LogP contribution in [0.2, 0.25) is 0 Å². The Hall–Kier alpha value is -3.03. The number of esters is 1. The Morgan fingerprint density at radius 2 is 1.79 bits per heavy atom. The number of rotatable bonds is 12. The molecule has 0 bridgehead atoms. The molecule has 0 spiro atoms. The molecule has 3 aromatic rings. The first-order chi connectivity index (χ1) is 17.9. The van der Waals surface area contributed by atoms with E-state index < -0.39 is 42.7 Å². The first-order valence-corrected chi connectivity index (χ1v) is 12.2. The summed E-state index contributed by atoms with van der Waals surface area (Å²) < 4.78 is 49.4. The number of aryl methyl sites for hydroxylation is 3. The second-order valence-electron chi connectivity index (χ2n) is 9.25. The lowest BCUT2D eigenvalue weighted by molar-refractivity contribution is -0.213. The Kier molecular flexibility index (Phi) is 9.85. The van der Waals surface area contributed by atoms with E-state index in [0.29, 0.717) is 17.5 Å². The molecule has 5 atom stereocenters. The van der Waals surface area contributed by atoms with Crippen molar-refractivity contribution in [3.8, 4) is 0 Å². The number of hydrogen-bond donors (Lipinski definition) is 5. The number of benzene rings is 2. The summed E-state index contributed by atoms with van der Waals surface area (Å²) in [7, 11) is 0. The highest BCUT2D eigenvalue weighted by Crippen LogP contribution is 2.27. The summed E-state index contributed by atoms with van der Waals surface area (Å²) in [6, 6.07) is 10.6. The first-order valence-electron chi connectivity index (χ1n) is 12.2. The van der Waals surface area contributed by atoms with Crippen LogP contribution in [0.25, 0.3) is 11.1 Å². The molecule has 0 aliphatic rings. The number of fused-ring (bicyclic) bond motifs is 1. The van der Waals surface area contributed by atoms with E-state index in [9.17, 15) is 28.2 Å². The van der Waals surface area contributed by atoms with Crippen molar-refractivity contribution in [1.82, 2.24) is 10.3 Å². The Morgan fingerprint density at radius 1 is 1.13 bits per heavy atom. The minimum Gasteiger partial charge on any atom is -0.438 e. The van der Waals surface area contributed by atoms with Gasteiger partial charge in [0.25, 0.3) is 0 Å². The maximum Gasteiger partial charge on any atom is 0.490 e. The molecule has 0 aliphatic heterocycles. The molecule has 0 amide bonds. The quantitative estimate of drug-likeness (QED) is 0.173. The fourth-order valence-electron chi connectivity index (χ4n) is 3.98. The number of halogens is 3. The number of oxazole rings is 1. The van der Waals surface area contributed by atoms with E-state index in [4.69, 9.17) is 15.9 Å². The van der Waals surface area contributed by atoms with Gasteiger partial charge in [0.05, 0.1) is 0 Å². The van der Waals surface area contributed by atoms with Crippen molar-refractivity contribution in [2.75, 3.05) is 6.54 Å². The zero-order valence-corrected chi connectivity index (χ0v) is 21.1. The maximum absolute atomic E-state index is 13.0. The van der Waals surface area contributed by atoms with Crippen LogP contribution in [-0.4, -0.2) is 58.3 Å². The number of nitrogens with two attached hydrogens (primary N) is 2. The molecule has 0 saturated carbocycles. The monoisotopic (exact) mass is 538 g/mol. The predicted molar refractivity (Wildman–Crippen MR) is 134 cm³/mol. The largest absolute Gasteiger partial charge is 0.490 e. The van der Waals surface area contributed by atoms with Crippen LogP contribution >= 0.6 is 0 Å². The number of nitrogens with zero attached hydrogens (tertiary/aromatic N) is 1. The zero-order valence-electron chi connectivity index (χ0n) is 21.1. The van der Waals surface area contributed by atoms with Gasteiger partial charge in [-0.2, -0.15) is 13.2 Å². The average molecular weight is 539 g/mol. The molecule has 12 heteroatoms. The second-order valence-corrected chi connectivity index (χ2v) is 9.25. The van der Waals surface area contributed by atoms with Crippen molar-refractivity contribution in [3.05, 3.63) is 65.0 Å². The standard InChI is InChI=1S/C26H33F3N4O5/c1-14-12-19-20(13-15(14)2)37-24(33-19)22(35)18(9-8-16-6-4-3-5-7-16)32-23(21(34)17(31)10-11-30)38-25(36)26(27,28)29/h3-7,12-13,17-18,21-23,32,34-35H,8-11,30-31H2,1-2H3/t17-,18-,21-,22-,23?/m1/s1. The van der Waals surface area contributed by atoms with Gasteiger partial charge in [0.2, 0.25) is 5.89 Å². The van der Waals surface area contributed by atoms with E-state index >= 15 is 0 Å². The molecular formula is C26H33F3N4O5. The number of carbonyl (C=O) groups is 1. The summed E-state index contributed by atoms with van der Waals surface area (Å²) in [6.45, 7) is 3.83. The average Bonchev–Trinajstić information content (AvgIpc) is 3.27. The van der Waals surface area contributed by atoms with Crippen LogP contribution in [0.4, 0.5) is 13.2 Å². The van der Waals surface area contributed by atoms with Gasteiger partial charge in [-0.1, -0.05) is 30.3 Å². The number of nitrogens with one attached hydrogen (secondary N) is 1. The van der Waals surface area contributed by atoms with Crippen molar-refractivity contribution in [3.63, 3.8) is 0 Å². The number of hydrogen-bond acceptors (Lipinski definition) is 9. The lowest BCUT2D eigenvalue weighted by Crippen LogP contribution is -2.57. The smallest absolute Gasteiger partial charge is 0.438 e. The third kappa shape index (κ3) is 7.51. The number of aliphatic hydroxyl groups excluding tert-OH is 2. The summed E-state index contributed by atoms with van der Waals surface area (Å²) in [6.07, 6.45) is -9.87. The van der Waals surface area contributed by atoms with Crippen molar-refractivity contribution in [1.29, 1.82) is 0 Å².